The quantitative estimate of drug-likeness (QED) is 0.394. The predicted octanol–water partition coefficient (Wildman–Crippen LogP) is 0.180. The molecule has 0 unspecified atom stereocenters. The molecule has 0 aliphatic carbocycles. The summed E-state index contributed by atoms with van der Waals surface area (Å²) in [4.78, 5) is 22.4. The molecule has 0 aromatic heterocycles. The third kappa shape index (κ3) is 3.46. The number of hydrogen-bond acceptors (Lipinski definition) is 4. The molecule has 6 heteroatoms. The number of carbonyl (C=O) groups excluding carboxylic acids is 2. The van der Waals surface area contributed by atoms with E-state index in [1.807, 2.05) is 0 Å². The molecule has 98 valence electrons. The van der Waals surface area contributed by atoms with Crippen molar-refractivity contribution in [2.24, 2.45) is 17.0 Å². The van der Waals surface area contributed by atoms with Crippen LogP contribution in [0.4, 0.5) is 0 Å². The lowest BCUT2D eigenvalue weighted by molar-refractivity contribution is -0.130. The zero-order valence-corrected chi connectivity index (χ0v) is 10.4. The van der Waals surface area contributed by atoms with Crippen LogP contribution in [0.25, 0.3) is 0 Å². The van der Waals surface area contributed by atoms with Crippen molar-refractivity contribution in [3.05, 3.63) is 29.8 Å². The van der Waals surface area contributed by atoms with E-state index in [-0.39, 0.29) is 12.5 Å². The molecule has 18 heavy (non-hydrogen) atoms. The van der Waals surface area contributed by atoms with Gasteiger partial charge in [0.25, 0.3) is 0 Å². The van der Waals surface area contributed by atoms with Gasteiger partial charge >= 0.3 is 0 Å². The largest absolute Gasteiger partial charge is 0.492 e. The molecule has 0 atom stereocenters. The Bertz CT molecular complexity index is 458. The number of carbonyl (C=O) groups is 2. The van der Waals surface area contributed by atoms with Gasteiger partial charge in [-0.25, -0.2) is 5.84 Å². The molecule has 0 aliphatic heterocycles. The van der Waals surface area contributed by atoms with E-state index in [2.05, 4.69) is 5.43 Å². The molecule has 0 aliphatic rings. The van der Waals surface area contributed by atoms with Crippen LogP contribution in [-0.2, 0) is 4.79 Å². The topological polar surface area (TPSA) is 107 Å². The van der Waals surface area contributed by atoms with Crippen LogP contribution in [0.2, 0.25) is 0 Å². The number of hydrogen-bond donors (Lipinski definition) is 3. The summed E-state index contributed by atoms with van der Waals surface area (Å²) in [6, 6.07) is 6.46. The summed E-state index contributed by atoms with van der Waals surface area (Å²) in [5, 5.41) is 0. The van der Waals surface area contributed by atoms with Gasteiger partial charge in [0.05, 0.1) is 5.41 Å². The number of nitrogens with two attached hydrogens (primary N) is 2. The number of nitrogens with one attached hydrogen (secondary N) is 1. The normalized spacial score (nSPS) is 10.8. The molecule has 0 saturated heterocycles. The highest BCUT2D eigenvalue weighted by Gasteiger charge is 2.28. The van der Waals surface area contributed by atoms with E-state index in [4.69, 9.17) is 16.3 Å². The van der Waals surface area contributed by atoms with Crippen LogP contribution in [0.5, 0.6) is 5.75 Å². The molecule has 0 fully saturated rings. The van der Waals surface area contributed by atoms with Crippen molar-refractivity contribution in [3.63, 3.8) is 0 Å². The number of benzene rings is 1. The first kappa shape index (κ1) is 14.0. The minimum absolute atomic E-state index is 0.137. The molecule has 0 spiro atoms. The summed E-state index contributed by atoms with van der Waals surface area (Å²) in [5.74, 6) is 4.70. The summed E-state index contributed by atoms with van der Waals surface area (Å²) in [5.41, 5.74) is 6.83. The van der Waals surface area contributed by atoms with Crippen molar-refractivity contribution >= 4 is 11.8 Å². The summed E-state index contributed by atoms with van der Waals surface area (Å²) in [7, 11) is 0. The zero-order chi connectivity index (χ0) is 13.8. The standard InChI is InChI=1S/C12H17N3O3/c1-12(2,11(17)15-14)7-18-9-5-3-4-8(6-9)10(13)16/h3-6H,7,14H2,1-2H3,(H2,13,16)(H,15,17). The number of ether oxygens (including phenoxy) is 1. The molecular weight excluding hydrogens is 234 g/mol. The lowest BCUT2D eigenvalue weighted by Crippen LogP contribution is -2.44. The first-order chi connectivity index (χ1) is 8.36. The van der Waals surface area contributed by atoms with E-state index >= 15 is 0 Å². The molecule has 1 rings (SSSR count). The van der Waals surface area contributed by atoms with Crippen molar-refractivity contribution in [2.75, 3.05) is 6.61 Å². The summed E-state index contributed by atoms with van der Waals surface area (Å²) in [6.07, 6.45) is 0. The molecule has 0 saturated carbocycles. The monoisotopic (exact) mass is 251 g/mol. The van der Waals surface area contributed by atoms with E-state index in [0.29, 0.717) is 11.3 Å². The van der Waals surface area contributed by atoms with Gasteiger partial charge < -0.3 is 10.5 Å². The third-order valence-corrected chi connectivity index (χ3v) is 2.46. The van der Waals surface area contributed by atoms with E-state index in [1.165, 1.54) is 6.07 Å². The Kier molecular flexibility index (Phi) is 4.28. The fourth-order valence-electron chi connectivity index (χ4n) is 1.26. The molecule has 0 radical (unpaired) electrons. The van der Waals surface area contributed by atoms with E-state index in [9.17, 15) is 9.59 Å². The van der Waals surface area contributed by atoms with Crippen molar-refractivity contribution in [1.82, 2.24) is 5.43 Å². The Morgan fingerprint density at radius 2 is 2.06 bits per heavy atom. The molecule has 6 nitrogen and oxygen atoms in total. The molecule has 2 amide bonds. The van der Waals surface area contributed by atoms with Gasteiger partial charge in [-0.2, -0.15) is 0 Å². The molecule has 5 N–H and O–H groups in total. The number of hydrazine groups is 1. The minimum atomic E-state index is -0.766. The smallest absolute Gasteiger partial charge is 0.248 e. The van der Waals surface area contributed by atoms with Crippen LogP contribution in [0, 0.1) is 5.41 Å². The molecule has 0 heterocycles. The number of amides is 2. The van der Waals surface area contributed by atoms with Crippen LogP contribution < -0.4 is 21.7 Å². The van der Waals surface area contributed by atoms with Gasteiger partial charge in [0.1, 0.15) is 12.4 Å². The second kappa shape index (κ2) is 5.50. The Morgan fingerprint density at radius 1 is 1.39 bits per heavy atom. The Balaban J connectivity index is 2.72. The maximum atomic E-state index is 11.4. The first-order valence-electron chi connectivity index (χ1n) is 5.40. The Hall–Kier alpha value is -2.08. The molecule has 1 aromatic rings. The van der Waals surface area contributed by atoms with Gasteiger partial charge in [-0.05, 0) is 32.0 Å². The minimum Gasteiger partial charge on any atom is -0.492 e. The first-order valence-corrected chi connectivity index (χ1v) is 5.40. The SMILES string of the molecule is CC(C)(COc1cccc(C(N)=O)c1)C(=O)NN. The lowest BCUT2D eigenvalue weighted by atomic mass is 9.94. The maximum absolute atomic E-state index is 11.4. The van der Waals surface area contributed by atoms with Gasteiger partial charge in [-0.3, -0.25) is 15.0 Å². The summed E-state index contributed by atoms with van der Waals surface area (Å²) in [6.45, 7) is 3.54. The van der Waals surface area contributed by atoms with Crippen molar-refractivity contribution < 1.29 is 14.3 Å². The molecule has 1 aromatic carbocycles. The molecular formula is C12H17N3O3. The highest BCUT2D eigenvalue weighted by atomic mass is 16.5. The highest BCUT2D eigenvalue weighted by molar-refractivity contribution is 5.93. The summed E-state index contributed by atoms with van der Waals surface area (Å²) >= 11 is 0. The van der Waals surface area contributed by atoms with Crippen LogP contribution in [-0.4, -0.2) is 18.4 Å². The zero-order valence-electron chi connectivity index (χ0n) is 10.4. The predicted molar refractivity (Wildman–Crippen MR) is 66.6 cm³/mol. The Labute approximate surface area is 105 Å². The van der Waals surface area contributed by atoms with E-state index in [0.717, 1.165) is 0 Å². The second-order valence-corrected chi connectivity index (χ2v) is 4.54. The van der Waals surface area contributed by atoms with Gasteiger partial charge in [0, 0.05) is 5.56 Å². The van der Waals surface area contributed by atoms with E-state index in [1.54, 1.807) is 32.0 Å². The number of primary amides is 1. The third-order valence-electron chi connectivity index (χ3n) is 2.46. The maximum Gasteiger partial charge on any atom is 0.248 e. The fraction of sp³-hybridized carbons (Fsp3) is 0.333. The average molecular weight is 251 g/mol. The van der Waals surface area contributed by atoms with Crippen LogP contribution in [0.1, 0.15) is 24.2 Å². The van der Waals surface area contributed by atoms with E-state index < -0.39 is 11.3 Å². The highest BCUT2D eigenvalue weighted by Crippen LogP contribution is 2.19. The Morgan fingerprint density at radius 3 is 2.61 bits per heavy atom. The van der Waals surface area contributed by atoms with Crippen molar-refractivity contribution in [1.29, 1.82) is 0 Å². The fourth-order valence-corrected chi connectivity index (χ4v) is 1.26. The second-order valence-electron chi connectivity index (χ2n) is 4.54. The number of rotatable bonds is 5. The van der Waals surface area contributed by atoms with Gasteiger partial charge in [0.2, 0.25) is 11.8 Å². The molecule has 0 bridgehead atoms. The summed E-state index contributed by atoms with van der Waals surface area (Å²) < 4.78 is 5.46. The van der Waals surface area contributed by atoms with Crippen molar-refractivity contribution in [3.8, 4) is 5.75 Å². The van der Waals surface area contributed by atoms with Gasteiger partial charge in [-0.1, -0.05) is 6.07 Å². The van der Waals surface area contributed by atoms with Crippen LogP contribution in [0.3, 0.4) is 0 Å². The average Bonchev–Trinajstić information content (AvgIpc) is 2.35. The van der Waals surface area contributed by atoms with Crippen LogP contribution in [0.15, 0.2) is 24.3 Å². The van der Waals surface area contributed by atoms with Crippen molar-refractivity contribution in [2.45, 2.75) is 13.8 Å². The van der Waals surface area contributed by atoms with Gasteiger partial charge in [-0.15, -0.1) is 0 Å². The van der Waals surface area contributed by atoms with Gasteiger partial charge in [0.15, 0.2) is 0 Å². The lowest BCUT2D eigenvalue weighted by Gasteiger charge is -2.22. The van der Waals surface area contributed by atoms with Crippen LogP contribution >= 0.6 is 0 Å².